The predicted octanol–water partition coefficient (Wildman–Crippen LogP) is 3.33. The highest BCUT2D eigenvalue weighted by atomic mass is 35.5. The van der Waals surface area contributed by atoms with Crippen LogP contribution < -0.4 is 11.0 Å². The number of nitrogens with zero attached hydrogens (tertiary/aromatic N) is 2. The second kappa shape index (κ2) is 6.69. The van der Waals surface area contributed by atoms with Gasteiger partial charge in [0.2, 0.25) is 0 Å². The van der Waals surface area contributed by atoms with Crippen molar-refractivity contribution in [3.63, 3.8) is 0 Å². The van der Waals surface area contributed by atoms with Crippen LogP contribution in [0.5, 0.6) is 0 Å². The maximum Gasteiger partial charge on any atom is 0.343 e. The summed E-state index contributed by atoms with van der Waals surface area (Å²) in [5.41, 5.74) is 0.414. The van der Waals surface area contributed by atoms with Crippen LogP contribution in [0.15, 0.2) is 39.3 Å². The molecule has 0 spiro atoms. The molecule has 10 heteroatoms. The quantitative estimate of drug-likeness (QED) is 0.689. The molecule has 6 nitrogen and oxygen atoms in total. The van der Waals surface area contributed by atoms with E-state index >= 15 is 0 Å². The Hall–Kier alpha value is -1.32. The Balaban J connectivity index is 1.99. The van der Waals surface area contributed by atoms with Crippen molar-refractivity contribution in [2.75, 3.05) is 13.1 Å². The van der Waals surface area contributed by atoms with Gasteiger partial charge in [0, 0.05) is 6.04 Å². The van der Waals surface area contributed by atoms with Gasteiger partial charge in [0.25, 0.3) is 10.0 Å². The van der Waals surface area contributed by atoms with Gasteiger partial charge in [-0.1, -0.05) is 35.3 Å². The van der Waals surface area contributed by atoms with E-state index in [9.17, 15) is 13.2 Å². The van der Waals surface area contributed by atoms with E-state index in [1.54, 1.807) is 28.8 Å². The monoisotopic (exact) mass is 431 g/mol. The lowest BCUT2D eigenvalue weighted by Gasteiger charge is -2.23. The van der Waals surface area contributed by atoms with Gasteiger partial charge >= 0.3 is 5.69 Å². The summed E-state index contributed by atoms with van der Waals surface area (Å²) in [6.07, 6.45) is 1.54. The van der Waals surface area contributed by atoms with Crippen molar-refractivity contribution in [2.45, 2.75) is 23.1 Å². The fourth-order valence-corrected chi connectivity index (χ4v) is 6.69. The highest BCUT2D eigenvalue weighted by Crippen LogP contribution is 2.36. The van der Waals surface area contributed by atoms with Gasteiger partial charge in [-0.25, -0.2) is 4.79 Å². The first-order chi connectivity index (χ1) is 12.4. The van der Waals surface area contributed by atoms with E-state index in [-0.39, 0.29) is 19.6 Å². The fourth-order valence-electron chi connectivity index (χ4n) is 3.34. The summed E-state index contributed by atoms with van der Waals surface area (Å²) < 4.78 is 28.9. The lowest BCUT2D eigenvalue weighted by atomic mass is 10.1. The van der Waals surface area contributed by atoms with Gasteiger partial charge in [-0.3, -0.25) is 4.57 Å². The molecule has 1 N–H and O–H groups in total. The molecule has 1 fully saturated rings. The molecule has 0 bridgehead atoms. The minimum absolute atomic E-state index is 0.0411. The number of fused-ring (bicyclic) bond motifs is 1. The summed E-state index contributed by atoms with van der Waals surface area (Å²) in [5, 5.41) is 3.41. The van der Waals surface area contributed by atoms with E-state index in [2.05, 4.69) is 5.32 Å². The van der Waals surface area contributed by atoms with Crippen LogP contribution in [0.2, 0.25) is 9.36 Å². The molecule has 1 aromatic carbocycles. The van der Waals surface area contributed by atoms with Crippen LogP contribution in [0, 0.1) is 0 Å². The third kappa shape index (κ3) is 2.80. The molecule has 4 rings (SSSR count). The minimum atomic E-state index is -4.10. The number of nitrogens with one attached hydrogen (secondary N) is 1. The summed E-state index contributed by atoms with van der Waals surface area (Å²) in [6, 6.07) is 8.18. The van der Waals surface area contributed by atoms with E-state index in [1.165, 1.54) is 6.07 Å². The number of piperidine rings is 1. The summed E-state index contributed by atoms with van der Waals surface area (Å²) in [6.45, 7) is 1.58. The van der Waals surface area contributed by atoms with Crippen LogP contribution in [0.4, 0.5) is 0 Å². The van der Waals surface area contributed by atoms with Gasteiger partial charge in [0.1, 0.15) is 8.55 Å². The van der Waals surface area contributed by atoms with Crippen LogP contribution in [-0.2, 0) is 10.0 Å². The molecule has 1 saturated heterocycles. The van der Waals surface area contributed by atoms with Crippen molar-refractivity contribution in [3.05, 3.63) is 50.2 Å². The molecule has 0 radical (unpaired) electrons. The molecule has 0 unspecified atom stereocenters. The highest BCUT2D eigenvalue weighted by Gasteiger charge is 2.30. The van der Waals surface area contributed by atoms with Crippen LogP contribution in [0.25, 0.3) is 11.0 Å². The van der Waals surface area contributed by atoms with Crippen LogP contribution >= 0.6 is 34.5 Å². The van der Waals surface area contributed by atoms with Gasteiger partial charge in [-0.2, -0.15) is 12.4 Å². The standard InChI is InChI=1S/C16H15Cl2N3O3S2/c17-11-9-14(25-15(11)18)26(23,24)21-13-4-2-1-3-12(13)20(16(21)22)10-5-7-19-8-6-10/h1-4,9-10,19H,5-8H2. The Morgan fingerprint density at radius 2 is 1.77 bits per heavy atom. The summed E-state index contributed by atoms with van der Waals surface area (Å²) in [7, 11) is -4.10. The lowest BCUT2D eigenvalue weighted by Crippen LogP contribution is -2.36. The molecule has 0 amide bonds. The Kier molecular flexibility index (Phi) is 4.65. The molecular weight excluding hydrogens is 417 g/mol. The summed E-state index contributed by atoms with van der Waals surface area (Å²) in [5.74, 6) is 0. The molecule has 1 aliphatic rings. The van der Waals surface area contributed by atoms with E-state index in [4.69, 9.17) is 23.2 Å². The third-order valence-corrected chi connectivity index (χ3v) is 8.53. The predicted molar refractivity (Wildman–Crippen MR) is 104 cm³/mol. The van der Waals surface area contributed by atoms with Crippen molar-refractivity contribution in [2.24, 2.45) is 0 Å². The number of hydrogen-bond donors (Lipinski definition) is 1. The van der Waals surface area contributed by atoms with E-state index in [0.29, 0.717) is 11.0 Å². The number of rotatable bonds is 3. The Morgan fingerprint density at radius 1 is 1.12 bits per heavy atom. The molecule has 138 valence electrons. The molecule has 3 heterocycles. The van der Waals surface area contributed by atoms with Crippen molar-refractivity contribution < 1.29 is 8.42 Å². The van der Waals surface area contributed by atoms with Gasteiger partial charge < -0.3 is 5.32 Å². The second-order valence-electron chi connectivity index (χ2n) is 6.08. The zero-order chi connectivity index (χ0) is 18.5. The summed E-state index contributed by atoms with van der Waals surface area (Å²) >= 11 is 12.7. The first kappa shape index (κ1) is 18.1. The molecule has 1 aliphatic heterocycles. The van der Waals surface area contributed by atoms with E-state index in [0.717, 1.165) is 41.2 Å². The zero-order valence-electron chi connectivity index (χ0n) is 13.5. The Morgan fingerprint density at radius 3 is 2.38 bits per heavy atom. The Labute approximate surface area is 164 Å². The minimum Gasteiger partial charge on any atom is -0.317 e. The average Bonchev–Trinajstić information content (AvgIpc) is 3.12. The SMILES string of the molecule is O=c1n(C2CCNCC2)c2ccccc2n1S(=O)(=O)c1cc(Cl)c(Cl)s1. The first-order valence-corrected chi connectivity index (χ1v) is 11.1. The first-order valence-electron chi connectivity index (χ1n) is 8.04. The van der Waals surface area contributed by atoms with Crippen LogP contribution in [0.3, 0.4) is 0 Å². The van der Waals surface area contributed by atoms with Gasteiger partial charge in [0.05, 0.1) is 16.1 Å². The number of para-hydroxylation sites is 2. The molecule has 0 aliphatic carbocycles. The van der Waals surface area contributed by atoms with E-state index < -0.39 is 15.7 Å². The number of halogens is 2. The van der Waals surface area contributed by atoms with Crippen molar-refractivity contribution >= 4 is 55.6 Å². The number of imidazole rings is 1. The number of hydrogen-bond acceptors (Lipinski definition) is 5. The summed E-state index contributed by atoms with van der Waals surface area (Å²) in [4.78, 5) is 13.2. The molecule has 26 heavy (non-hydrogen) atoms. The van der Waals surface area contributed by atoms with Gasteiger partial charge in [0.15, 0.2) is 0 Å². The molecule has 0 atom stereocenters. The number of thiophene rings is 1. The maximum atomic E-state index is 13.2. The molecule has 0 saturated carbocycles. The molecular formula is C16H15Cl2N3O3S2. The average molecular weight is 432 g/mol. The zero-order valence-corrected chi connectivity index (χ0v) is 16.6. The molecule has 3 aromatic rings. The highest BCUT2D eigenvalue weighted by molar-refractivity contribution is 7.92. The van der Waals surface area contributed by atoms with Crippen molar-refractivity contribution in [3.8, 4) is 0 Å². The van der Waals surface area contributed by atoms with Gasteiger partial charge in [-0.05, 0) is 44.1 Å². The van der Waals surface area contributed by atoms with Crippen LogP contribution in [-0.4, -0.2) is 30.0 Å². The van der Waals surface area contributed by atoms with Crippen molar-refractivity contribution in [1.29, 1.82) is 0 Å². The number of aromatic nitrogens is 2. The smallest absolute Gasteiger partial charge is 0.317 e. The van der Waals surface area contributed by atoms with Gasteiger partial charge in [-0.15, -0.1) is 11.3 Å². The van der Waals surface area contributed by atoms with Crippen LogP contribution in [0.1, 0.15) is 18.9 Å². The Bertz CT molecular complexity index is 1120. The lowest BCUT2D eigenvalue weighted by molar-refractivity contribution is 0.367. The van der Waals surface area contributed by atoms with Crippen molar-refractivity contribution in [1.82, 2.24) is 13.9 Å². The maximum absolute atomic E-state index is 13.2. The largest absolute Gasteiger partial charge is 0.343 e. The van der Waals surface area contributed by atoms with E-state index in [1.807, 2.05) is 0 Å². The second-order valence-corrected chi connectivity index (χ2v) is 10.2. The normalized spacial score (nSPS) is 16.4. The number of benzene rings is 1. The third-order valence-electron chi connectivity index (χ3n) is 4.53. The topological polar surface area (TPSA) is 73.1 Å². The molecule has 2 aromatic heterocycles. The fraction of sp³-hybridized carbons (Fsp3) is 0.312.